The molecule has 20 heavy (non-hydrogen) atoms. The van der Waals surface area contributed by atoms with Gasteiger partial charge in [0.1, 0.15) is 0 Å². The minimum Gasteiger partial charge on any atom is -0.396 e. The van der Waals surface area contributed by atoms with E-state index in [0.29, 0.717) is 40.9 Å². The highest BCUT2D eigenvalue weighted by atomic mass is 35.5. The minimum atomic E-state index is 0.337. The quantitative estimate of drug-likeness (QED) is 0.331. The van der Waals surface area contributed by atoms with Crippen molar-refractivity contribution in [1.29, 1.82) is 5.41 Å². The Balaban J connectivity index is 3.04. The number of nitrogens with two attached hydrogens (primary N) is 1. The van der Waals surface area contributed by atoms with Crippen molar-refractivity contribution in [1.82, 2.24) is 10.3 Å². The summed E-state index contributed by atoms with van der Waals surface area (Å²) in [6.07, 6.45) is 2.79. The Bertz CT molecular complexity index is 517. The molecule has 0 bridgehead atoms. The third-order valence-corrected chi connectivity index (χ3v) is 2.62. The molecule has 0 atom stereocenters. The second-order valence-electron chi connectivity index (χ2n) is 3.72. The van der Waals surface area contributed by atoms with Crippen LogP contribution in [-0.2, 0) is 4.74 Å². The summed E-state index contributed by atoms with van der Waals surface area (Å²) in [6, 6.07) is 1.55. The van der Waals surface area contributed by atoms with E-state index in [-0.39, 0.29) is 0 Å². The number of pyridine rings is 1. The molecule has 1 aromatic heterocycles. The predicted octanol–water partition coefficient (Wildman–Crippen LogP) is 1.57. The normalized spacial score (nSPS) is 11.0. The molecule has 0 aliphatic heterocycles. The maximum atomic E-state index is 7.45. The first-order valence-corrected chi connectivity index (χ1v) is 6.13. The molecule has 0 saturated heterocycles. The molecule has 0 saturated carbocycles. The molecule has 5 N–H and O–H groups in total. The Morgan fingerprint density at radius 1 is 1.70 bits per heavy atom. The minimum absolute atomic E-state index is 0.337. The monoisotopic (exact) mass is 296 g/mol. The zero-order valence-electron chi connectivity index (χ0n) is 11.1. The number of halogens is 1. The number of ether oxygens (including phenoxy) is 1. The highest BCUT2D eigenvalue weighted by Crippen LogP contribution is 2.27. The number of hydrazone groups is 1. The molecular weight excluding hydrogens is 280 g/mol. The number of hydrogen-bond acceptors (Lipinski definition) is 7. The number of nitrogens with one attached hydrogen (secondary N) is 3. The molecule has 0 aromatic carbocycles. The first kappa shape index (κ1) is 15.9. The van der Waals surface area contributed by atoms with Crippen molar-refractivity contribution in [2.75, 3.05) is 31.4 Å². The lowest BCUT2D eigenvalue weighted by atomic mass is 10.2. The summed E-state index contributed by atoms with van der Waals surface area (Å²) < 4.78 is 4.92. The maximum Gasteiger partial charge on any atom is 0.170 e. The van der Waals surface area contributed by atoms with E-state index in [2.05, 4.69) is 27.5 Å². The lowest BCUT2D eigenvalue weighted by Crippen LogP contribution is -2.13. The van der Waals surface area contributed by atoms with Crippen LogP contribution in [0.1, 0.15) is 5.69 Å². The lowest BCUT2D eigenvalue weighted by molar-refractivity contribution is 0.203. The summed E-state index contributed by atoms with van der Waals surface area (Å²) in [5.74, 6) is 0.337. The van der Waals surface area contributed by atoms with Crippen LogP contribution in [0.4, 0.5) is 11.5 Å². The molecule has 0 spiro atoms. The topological polar surface area (TPSA) is 108 Å². The SMILES string of the molecule is C=NNc1nc(/C(C=N)=C/NCCOC)c(Cl)cc1N. The second kappa shape index (κ2) is 8.13. The molecule has 0 unspecified atom stereocenters. The number of methoxy groups -OCH3 is 1. The third kappa shape index (κ3) is 4.22. The zero-order chi connectivity index (χ0) is 15.0. The Morgan fingerprint density at radius 2 is 2.45 bits per heavy atom. The third-order valence-electron chi connectivity index (χ3n) is 2.33. The summed E-state index contributed by atoms with van der Waals surface area (Å²) in [5, 5.41) is 14.3. The Kier molecular flexibility index (Phi) is 6.48. The number of rotatable bonds is 8. The standard InChI is InChI=1S/C12H17ClN6O/c1-16-19-12-10(15)5-9(13)11(18-12)8(6-14)7-17-3-4-20-2/h5-7,14,17H,1,3-4,15H2,2H3,(H,18,19)/b8-7+,14-6?. The fraction of sp³-hybridized carbons (Fsp3) is 0.250. The number of hydrogen-bond donors (Lipinski definition) is 4. The highest BCUT2D eigenvalue weighted by molar-refractivity contribution is 6.33. The summed E-state index contributed by atoms with van der Waals surface area (Å²) in [5.41, 5.74) is 9.61. The Labute approximate surface area is 122 Å². The first-order valence-electron chi connectivity index (χ1n) is 5.75. The van der Waals surface area contributed by atoms with Crippen molar-refractivity contribution in [3.63, 3.8) is 0 Å². The molecule has 7 nitrogen and oxygen atoms in total. The van der Waals surface area contributed by atoms with Crippen molar-refractivity contribution < 1.29 is 4.74 Å². The van der Waals surface area contributed by atoms with Crippen LogP contribution >= 0.6 is 11.6 Å². The fourth-order valence-corrected chi connectivity index (χ4v) is 1.66. The van der Waals surface area contributed by atoms with Crippen LogP contribution in [0, 0.1) is 5.41 Å². The van der Waals surface area contributed by atoms with E-state index in [4.69, 9.17) is 27.5 Å². The molecule has 0 aliphatic carbocycles. The number of nitrogens with zero attached hydrogens (tertiary/aromatic N) is 2. The lowest BCUT2D eigenvalue weighted by Gasteiger charge is -2.10. The first-order chi connectivity index (χ1) is 9.63. The number of allylic oxidation sites excluding steroid dienone is 1. The maximum absolute atomic E-state index is 7.45. The summed E-state index contributed by atoms with van der Waals surface area (Å²) in [4.78, 5) is 4.24. The van der Waals surface area contributed by atoms with E-state index in [0.717, 1.165) is 6.21 Å². The number of anilines is 2. The van der Waals surface area contributed by atoms with E-state index < -0.39 is 0 Å². The Morgan fingerprint density at radius 3 is 3.05 bits per heavy atom. The van der Waals surface area contributed by atoms with Crippen molar-refractivity contribution >= 4 is 41.6 Å². The van der Waals surface area contributed by atoms with E-state index in [1.54, 1.807) is 19.4 Å². The molecule has 1 aromatic rings. The molecule has 0 radical (unpaired) electrons. The molecule has 1 heterocycles. The summed E-state index contributed by atoms with van der Waals surface area (Å²) in [6.45, 7) is 4.47. The largest absolute Gasteiger partial charge is 0.396 e. The van der Waals surface area contributed by atoms with Gasteiger partial charge in [-0.05, 0) is 6.07 Å². The summed E-state index contributed by atoms with van der Waals surface area (Å²) >= 11 is 6.10. The number of aromatic nitrogens is 1. The van der Waals surface area contributed by atoms with Gasteiger partial charge in [0.15, 0.2) is 5.82 Å². The number of nitrogen functional groups attached to an aromatic ring is 1. The zero-order valence-corrected chi connectivity index (χ0v) is 11.9. The molecule has 1 rings (SSSR count). The van der Waals surface area contributed by atoms with Gasteiger partial charge in [-0.15, -0.1) is 0 Å². The molecule has 0 amide bonds. The highest BCUT2D eigenvalue weighted by Gasteiger charge is 2.11. The van der Waals surface area contributed by atoms with Gasteiger partial charge in [-0.1, -0.05) is 11.6 Å². The van der Waals surface area contributed by atoms with Gasteiger partial charge in [-0.2, -0.15) is 5.10 Å². The predicted molar refractivity (Wildman–Crippen MR) is 83.5 cm³/mol. The van der Waals surface area contributed by atoms with Crippen LogP contribution in [0.5, 0.6) is 0 Å². The molecule has 0 aliphatic rings. The average Bonchev–Trinajstić information content (AvgIpc) is 2.43. The van der Waals surface area contributed by atoms with Gasteiger partial charge in [0, 0.05) is 38.4 Å². The van der Waals surface area contributed by atoms with E-state index in [1.165, 1.54) is 0 Å². The second-order valence-corrected chi connectivity index (χ2v) is 4.12. The van der Waals surface area contributed by atoms with E-state index in [9.17, 15) is 0 Å². The Hall–Kier alpha value is -2.12. The molecule has 108 valence electrons. The average molecular weight is 297 g/mol. The smallest absolute Gasteiger partial charge is 0.170 e. The van der Waals surface area contributed by atoms with Gasteiger partial charge >= 0.3 is 0 Å². The van der Waals surface area contributed by atoms with Crippen molar-refractivity contribution in [3.05, 3.63) is 23.0 Å². The van der Waals surface area contributed by atoms with E-state index in [1.807, 2.05) is 0 Å². The summed E-state index contributed by atoms with van der Waals surface area (Å²) in [7, 11) is 1.61. The molecule has 0 fully saturated rings. The van der Waals surface area contributed by atoms with Crippen LogP contribution in [0.25, 0.3) is 5.57 Å². The molecule has 8 heteroatoms. The van der Waals surface area contributed by atoms with Crippen LogP contribution in [-0.4, -0.2) is 38.2 Å². The van der Waals surface area contributed by atoms with Gasteiger partial charge in [0.05, 0.1) is 23.0 Å². The van der Waals surface area contributed by atoms with Gasteiger partial charge in [-0.3, -0.25) is 5.43 Å². The van der Waals surface area contributed by atoms with Gasteiger partial charge in [-0.25, -0.2) is 4.98 Å². The van der Waals surface area contributed by atoms with Crippen LogP contribution < -0.4 is 16.5 Å². The molecular formula is C12H17ClN6O. The van der Waals surface area contributed by atoms with Gasteiger partial charge in [0.25, 0.3) is 0 Å². The van der Waals surface area contributed by atoms with E-state index >= 15 is 0 Å². The van der Waals surface area contributed by atoms with Gasteiger partial charge < -0.3 is 21.2 Å². The van der Waals surface area contributed by atoms with Crippen LogP contribution in [0.3, 0.4) is 0 Å². The van der Waals surface area contributed by atoms with Gasteiger partial charge in [0.2, 0.25) is 0 Å². The van der Waals surface area contributed by atoms with Crippen LogP contribution in [0.2, 0.25) is 5.02 Å². The fourth-order valence-electron chi connectivity index (χ4n) is 1.39. The van der Waals surface area contributed by atoms with Crippen molar-refractivity contribution in [2.24, 2.45) is 5.10 Å². The van der Waals surface area contributed by atoms with Crippen LogP contribution in [0.15, 0.2) is 17.4 Å². The van der Waals surface area contributed by atoms with Crippen molar-refractivity contribution in [3.8, 4) is 0 Å². The van der Waals surface area contributed by atoms with Crippen molar-refractivity contribution in [2.45, 2.75) is 0 Å².